The number of ether oxygens (including phenoxy) is 1. The Balaban J connectivity index is 2.08. The Hall–Kier alpha value is -0.610. The van der Waals surface area contributed by atoms with Crippen LogP contribution in [0.4, 0.5) is 0 Å². The van der Waals surface area contributed by atoms with Crippen LogP contribution in [-0.2, 0) is 9.53 Å². The summed E-state index contributed by atoms with van der Waals surface area (Å²) in [6.07, 6.45) is 2.24. The molecule has 1 rings (SSSR count). The van der Waals surface area contributed by atoms with Crippen LogP contribution in [0.3, 0.4) is 0 Å². The smallest absolute Gasteiger partial charge is 0.246 e. The van der Waals surface area contributed by atoms with Crippen LogP contribution >= 0.6 is 0 Å². The van der Waals surface area contributed by atoms with Gasteiger partial charge in [-0.2, -0.15) is 0 Å². The summed E-state index contributed by atoms with van der Waals surface area (Å²) in [5.74, 6) is 0.555. The third-order valence-electron chi connectivity index (χ3n) is 2.49. The van der Waals surface area contributed by atoms with Gasteiger partial charge in [0.2, 0.25) is 5.91 Å². The van der Waals surface area contributed by atoms with Crippen molar-refractivity contribution in [2.75, 3.05) is 13.2 Å². The fourth-order valence-corrected chi connectivity index (χ4v) is 1.65. The standard InChI is InChI=1S/C11H22N2O2/c1-11(2,3)13-10(14)7-15-9-4-8(5-9)6-12/h8-9H,4-7,12H2,1-3H3,(H,13,14). The van der Waals surface area contributed by atoms with Gasteiger partial charge in [0.1, 0.15) is 6.61 Å². The highest BCUT2D eigenvalue weighted by atomic mass is 16.5. The molecule has 0 aromatic heterocycles. The van der Waals surface area contributed by atoms with Gasteiger partial charge in [0.05, 0.1) is 6.10 Å². The van der Waals surface area contributed by atoms with E-state index in [0.717, 1.165) is 19.4 Å². The molecule has 1 aliphatic rings. The number of carbonyl (C=O) groups excluding carboxylic acids is 1. The van der Waals surface area contributed by atoms with Gasteiger partial charge in [-0.05, 0) is 46.1 Å². The van der Waals surface area contributed by atoms with E-state index in [0.29, 0.717) is 5.92 Å². The van der Waals surface area contributed by atoms with E-state index in [1.807, 2.05) is 20.8 Å². The first-order valence-electron chi connectivity index (χ1n) is 5.53. The molecule has 0 aliphatic heterocycles. The average Bonchev–Trinajstić information content (AvgIpc) is 1.98. The Morgan fingerprint density at radius 3 is 2.53 bits per heavy atom. The number of nitrogens with one attached hydrogen (secondary N) is 1. The molecule has 0 unspecified atom stereocenters. The lowest BCUT2D eigenvalue weighted by molar-refractivity contribution is -0.132. The van der Waals surface area contributed by atoms with Crippen molar-refractivity contribution in [1.29, 1.82) is 0 Å². The topological polar surface area (TPSA) is 64.3 Å². The second kappa shape index (κ2) is 4.94. The summed E-state index contributed by atoms with van der Waals surface area (Å²) >= 11 is 0. The first-order chi connectivity index (χ1) is 6.90. The van der Waals surface area contributed by atoms with Crippen LogP contribution in [0.15, 0.2) is 0 Å². The lowest BCUT2D eigenvalue weighted by Gasteiger charge is -2.34. The zero-order valence-corrected chi connectivity index (χ0v) is 9.88. The normalized spacial score (nSPS) is 25.9. The van der Waals surface area contributed by atoms with Crippen LogP contribution in [0.2, 0.25) is 0 Å². The lowest BCUT2D eigenvalue weighted by atomic mass is 9.82. The van der Waals surface area contributed by atoms with Crippen molar-refractivity contribution in [1.82, 2.24) is 5.32 Å². The summed E-state index contributed by atoms with van der Waals surface area (Å²) in [6.45, 7) is 6.77. The van der Waals surface area contributed by atoms with Gasteiger partial charge in [-0.3, -0.25) is 4.79 Å². The molecular weight excluding hydrogens is 192 g/mol. The highest BCUT2D eigenvalue weighted by Gasteiger charge is 2.29. The van der Waals surface area contributed by atoms with E-state index < -0.39 is 0 Å². The molecule has 0 heterocycles. The number of amides is 1. The first kappa shape index (κ1) is 12.5. The van der Waals surface area contributed by atoms with Gasteiger partial charge in [0.15, 0.2) is 0 Å². The Kier molecular flexibility index (Phi) is 4.11. The van der Waals surface area contributed by atoms with Gasteiger partial charge >= 0.3 is 0 Å². The lowest BCUT2D eigenvalue weighted by Crippen LogP contribution is -2.44. The van der Waals surface area contributed by atoms with Gasteiger partial charge < -0.3 is 15.8 Å². The zero-order valence-electron chi connectivity index (χ0n) is 9.88. The number of hydrogen-bond acceptors (Lipinski definition) is 3. The molecule has 0 saturated heterocycles. The second-order valence-electron chi connectivity index (χ2n) is 5.30. The fraction of sp³-hybridized carbons (Fsp3) is 0.909. The molecular formula is C11H22N2O2. The minimum Gasteiger partial charge on any atom is -0.368 e. The Morgan fingerprint density at radius 1 is 1.47 bits per heavy atom. The monoisotopic (exact) mass is 214 g/mol. The predicted octanol–water partition coefficient (Wildman–Crippen LogP) is 0.655. The SMILES string of the molecule is CC(C)(C)NC(=O)COC1CC(CN)C1. The molecule has 0 spiro atoms. The van der Waals surface area contributed by atoms with E-state index in [2.05, 4.69) is 5.32 Å². The van der Waals surface area contributed by atoms with Gasteiger partial charge in [-0.1, -0.05) is 0 Å². The molecule has 1 fully saturated rings. The predicted molar refractivity (Wildman–Crippen MR) is 59.4 cm³/mol. The molecule has 3 N–H and O–H groups in total. The van der Waals surface area contributed by atoms with Crippen LogP contribution in [-0.4, -0.2) is 30.7 Å². The molecule has 15 heavy (non-hydrogen) atoms. The van der Waals surface area contributed by atoms with E-state index in [1.54, 1.807) is 0 Å². The molecule has 4 heteroatoms. The van der Waals surface area contributed by atoms with E-state index >= 15 is 0 Å². The molecule has 1 aliphatic carbocycles. The average molecular weight is 214 g/mol. The number of carbonyl (C=O) groups is 1. The fourth-order valence-electron chi connectivity index (χ4n) is 1.65. The largest absolute Gasteiger partial charge is 0.368 e. The van der Waals surface area contributed by atoms with E-state index in [9.17, 15) is 4.79 Å². The van der Waals surface area contributed by atoms with Crippen LogP contribution in [0.5, 0.6) is 0 Å². The molecule has 1 amide bonds. The van der Waals surface area contributed by atoms with Crippen molar-refractivity contribution in [3.63, 3.8) is 0 Å². The van der Waals surface area contributed by atoms with Gasteiger partial charge in [-0.25, -0.2) is 0 Å². The summed E-state index contributed by atoms with van der Waals surface area (Å²) in [4.78, 5) is 11.4. The maximum atomic E-state index is 11.4. The van der Waals surface area contributed by atoms with Gasteiger partial charge in [-0.15, -0.1) is 0 Å². The molecule has 0 aromatic rings. The minimum absolute atomic E-state index is 0.0429. The van der Waals surface area contributed by atoms with Crippen molar-refractivity contribution in [2.24, 2.45) is 11.7 Å². The van der Waals surface area contributed by atoms with E-state index in [1.165, 1.54) is 0 Å². The van der Waals surface area contributed by atoms with E-state index in [4.69, 9.17) is 10.5 Å². The van der Waals surface area contributed by atoms with Crippen LogP contribution < -0.4 is 11.1 Å². The molecule has 88 valence electrons. The molecule has 0 aromatic carbocycles. The third kappa shape index (κ3) is 4.62. The number of nitrogens with two attached hydrogens (primary N) is 1. The first-order valence-corrected chi connectivity index (χ1v) is 5.53. The van der Waals surface area contributed by atoms with Crippen LogP contribution in [0.25, 0.3) is 0 Å². The van der Waals surface area contributed by atoms with Crippen LogP contribution in [0, 0.1) is 5.92 Å². The van der Waals surface area contributed by atoms with Crippen molar-refractivity contribution in [3.8, 4) is 0 Å². The zero-order chi connectivity index (χ0) is 11.5. The maximum Gasteiger partial charge on any atom is 0.246 e. The van der Waals surface area contributed by atoms with Crippen molar-refractivity contribution in [3.05, 3.63) is 0 Å². The summed E-state index contributed by atoms with van der Waals surface area (Å²) in [5, 5.41) is 2.86. The maximum absolute atomic E-state index is 11.4. The Labute approximate surface area is 91.5 Å². The van der Waals surface area contributed by atoms with Crippen LogP contribution in [0.1, 0.15) is 33.6 Å². The molecule has 0 atom stereocenters. The Bertz CT molecular complexity index is 217. The van der Waals surface area contributed by atoms with Crippen molar-refractivity contribution < 1.29 is 9.53 Å². The van der Waals surface area contributed by atoms with E-state index in [-0.39, 0.29) is 24.2 Å². The number of hydrogen-bond donors (Lipinski definition) is 2. The van der Waals surface area contributed by atoms with Gasteiger partial charge in [0, 0.05) is 5.54 Å². The Morgan fingerprint density at radius 2 is 2.07 bits per heavy atom. The minimum atomic E-state index is -0.181. The van der Waals surface area contributed by atoms with Gasteiger partial charge in [0.25, 0.3) is 0 Å². The molecule has 0 radical (unpaired) electrons. The summed E-state index contributed by atoms with van der Waals surface area (Å²) in [7, 11) is 0. The molecule has 4 nitrogen and oxygen atoms in total. The summed E-state index contributed by atoms with van der Waals surface area (Å²) in [5.41, 5.74) is 5.32. The second-order valence-corrected chi connectivity index (χ2v) is 5.30. The number of rotatable bonds is 4. The molecule has 1 saturated carbocycles. The quantitative estimate of drug-likeness (QED) is 0.722. The highest BCUT2D eigenvalue weighted by molar-refractivity contribution is 5.77. The highest BCUT2D eigenvalue weighted by Crippen LogP contribution is 2.28. The molecule has 0 bridgehead atoms. The summed E-state index contributed by atoms with van der Waals surface area (Å²) in [6, 6.07) is 0. The van der Waals surface area contributed by atoms with Crippen molar-refractivity contribution >= 4 is 5.91 Å². The van der Waals surface area contributed by atoms with Crippen molar-refractivity contribution in [2.45, 2.75) is 45.3 Å². The third-order valence-corrected chi connectivity index (χ3v) is 2.49. The summed E-state index contributed by atoms with van der Waals surface area (Å²) < 4.78 is 5.45.